The Morgan fingerprint density at radius 2 is 0.729 bits per heavy atom. The van der Waals surface area contributed by atoms with Gasteiger partial charge >= 0.3 is 0 Å². The van der Waals surface area contributed by atoms with Crippen LogP contribution in [-0.4, -0.2) is 21.8 Å². The van der Waals surface area contributed by atoms with Gasteiger partial charge in [-0.1, -0.05) is 212 Å². The minimum atomic E-state index is -3.15. The number of para-hydroxylation sites is 5. The fourth-order valence-corrected chi connectivity index (χ4v) is 16.9. The molecule has 70 heavy (non-hydrogen) atoms. The normalized spacial score (nSPS) is 12.0. The van der Waals surface area contributed by atoms with E-state index in [1.165, 1.54) is 97.3 Å². The number of fused-ring (bicyclic) bond motifs is 9. The fourth-order valence-electron chi connectivity index (χ4n) is 11.9. The van der Waals surface area contributed by atoms with Gasteiger partial charge in [-0.15, -0.1) is 0 Å². The summed E-state index contributed by atoms with van der Waals surface area (Å²) < 4.78 is 7.46. The molecule has 0 saturated carbocycles. The Kier molecular flexibility index (Phi) is 9.23. The van der Waals surface area contributed by atoms with Crippen LogP contribution in [0.15, 0.2) is 273 Å². The van der Waals surface area contributed by atoms with Crippen LogP contribution in [0.4, 0.5) is 0 Å². The Balaban J connectivity index is 1.08. The highest BCUT2D eigenvalue weighted by atomic mass is 28.3. The molecule has 0 radical (unpaired) electrons. The third kappa shape index (κ3) is 5.94. The molecular formula is C66H45N3Si. The zero-order chi connectivity index (χ0) is 46.2. The van der Waals surface area contributed by atoms with Crippen LogP contribution in [0.2, 0.25) is 0 Å². The van der Waals surface area contributed by atoms with E-state index in [1.807, 2.05) is 0 Å². The summed E-state index contributed by atoms with van der Waals surface area (Å²) in [6.45, 7) is 0. The predicted octanol–water partition coefficient (Wildman–Crippen LogP) is 14.0. The molecule has 0 atom stereocenters. The Bertz CT molecular complexity index is 4220. The highest BCUT2D eigenvalue weighted by Gasteiger charge is 2.43. The first-order chi connectivity index (χ1) is 34.8. The lowest BCUT2D eigenvalue weighted by Crippen LogP contribution is -2.74. The lowest BCUT2D eigenvalue weighted by molar-refractivity contribution is 1.13. The topological polar surface area (TPSA) is 14.8 Å². The highest BCUT2D eigenvalue weighted by molar-refractivity contribution is 7.21. The molecule has 0 unspecified atom stereocenters. The van der Waals surface area contributed by atoms with Crippen LogP contribution in [0.5, 0.6) is 0 Å². The molecule has 0 amide bonds. The van der Waals surface area contributed by atoms with Crippen LogP contribution in [0.1, 0.15) is 0 Å². The van der Waals surface area contributed by atoms with E-state index in [0.717, 1.165) is 17.1 Å². The van der Waals surface area contributed by atoms with Crippen molar-refractivity contribution in [2.75, 3.05) is 0 Å². The summed E-state index contributed by atoms with van der Waals surface area (Å²) in [5.74, 6) is 0. The van der Waals surface area contributed by atoms with Crippen LogP contribution in [0.25, 0.3) is 93.6 Å². The maximum atomic E-state index is 2.55. The number of hydrogen-bond acceptors (Lipinski definition) is 0. The Labute approximate surface area is 407 Å². The fraction of sp³-hybridized carbons (Fsp3) is 0. The molecule has 3 aromatic heterocycles. The number of hydrogen-bond donors (Lipinski definition) is 0. The Morgan fingerprint density at radius 1 is 0.257 bits per heavy atom. The summed E-state index contributed by atoms with van der Waals surface area (Å²) in [5, 5.41) is 12.9. The molecule has 0 saturated heterocycles. The zero-order valence-electron chi connectivity index (χ0n) is 38.3. The van der Waals surface area contributed by atoms with E-state index in [2.05, 4.69) is 287 Å². The van der Waals surface area contributed by atoms with Gasteiger partial charge in [0.1, 0.15) is 0 Å². The lowest BCUT2D eigenvalue weighted by Gasteiger charge is -2.35. The number of rotatable bonds is 8. The standard InChI is InChI=1S/C66H45N3Si/c1-5-21-46(22-6-1)47-39-41-49(42-40-47)68-59-34-17-13-29-53(59)55-32-19-37-63(66(55)68)69-60-35-18-15-31-56(60)65-62(69)36-20-38-64(65)70(50-25-9-3-10-26-50,51-27-11-4-12-28-51)52-43-44-61-57(45-52)54-30-14-16-33-58(54)67(61)48-23-7-2-8-24-48/h1-45H. The minimum absolute atomic E-state index is 1.13. The SMILES string of the molecule is c1ccc(-c2ccc(-n3c4ccccc4c4cccc(-n5c6ccccc6c6c([Si](c7ccccc7)(c7ccccc7)c7ccc8c(c7)c7ccccc7n8-c7ccccc7)cccc65)c43)cc2)cc1. The summed E-state index contributed by atoms with van der Waals surface area (Å²) in [5.41, 5.74) is 13.0. The Morgan fingerprint density at radius 3 is 1.40 bits per heavy atom. The van der Waals surface area contributed by atoms with Crippen molar-refractivity contribution < 1.29 is 0 Å². The summed E-state index contributed by atoms with van der Waals surface area (Å²) in [7, 11) is -3.15. The molecule has 14 aromatic rings. The van der Waals surface area contributed by atoms with Crippen molar-refractivity contribution in [2.24, 2.45) is 0 Å². The van der Waals surface area contributed by atoms with Crippen LogP contribution in [0.3, 0.4) is 0 Å². The summed E-state index contributed by atoms with van der Waals surface area (Å²) in [6.07, 6.45) is 0. The average molecular weight is 908 g/mol. The molecule has 4 heteroatoms. The Hall–Kier alpha value is -8.96. The largest absolute Gasteiger partial charge is 0.309 e. The molecule has 14 rings (SSSR count). The molecular weight excluding hydrogens is 863 g/mol. The second kappa shape index (κ2) is 16.1. The summed E-state index contributed by atoms with van der Waals surface area (Å²) >= 11 is 0. The van der Waals surface area contributed by atoms with E-state index >= 15 is 0 Å². The molecule has 3 nitrogen and oxygen atoms in total. The van der Waals surface area contributed by atoms with E-state index < -0.39 is 8.07 Å². The first kappa shape index (κ1) is 40.1. The lowest BCUT2D eigenvalue weighted by atomic mass is 10.1. The van der Waals surface area contributed by atoms with Gasteiger partial charge in [-0.25, -0.2) is 0 Å². The third-order valence-electron chi connectivity index (χ3n) is 14.8. The molecule has 0 aliphatic heterocycles. The van der Waals surface area contributed by atoms with Crippen molar-refractivity contribution in [3.05, 3.63) is 273 Å². The molecule has 11 aromatic carbocycles. The van der Waals surface area contributed by atoms with Gasteiger partial charge in [-0.3, -0.25) is 0 Å². The van der Waals surface area contributed by atoms with E-state index in [0.29, 0.717) is 0 Å². The number of nitrogens with zero attached hydrogens (tertiary/aromatic N) is 3. The molecule has 0 spiro atoms. The molecule has 0 bridgehead atoms. The second-order valence-electron chi connectivity index (χ2n) is 18.4. The van der Waals surface area contributed by atoms with Gasteiger partial charge in [0, 0.05) is 43.7 Å². The maximum absolute atomic E-state index is 3.15. The van der Waals surface area contributed by atoms with E-state index in [4.69, 9.17) is 0 Å². The van der Waals surface area contributed by atoms with Crippen molar-refractivity contribution in [1.29, 1.82) is 0 Å². The molecule has 0 fully saturated rings. The quantitative estimate of drug-likeness (QED) is 0.107. The third-order valence-corrected chi connectivity index (χ3v) is 19.6. The van der Waals surface area contributed by atoms with Gasteiger partial charge in [0.2, 0.25) is 0 Å². The van der Waals surface area contributed by atoms with Gasteiger partial charge < -0.3 is 13.7 Å². The molecule has 0 N–H and O–H groups in total. The monoisotopic (exact) mass is 907 g/mol. The first-order valence-corrected chi connectivity index (χ1v) is 26.2. The van der Waals surface area contributed by atoms with Gasteiger partial charge in [-0.2, -0.15) is 0 Å². The van der Waals surface area contributed by atoms with Gasteiger partial charge in [0.05, 0.1) is 38.8 Å². The van der Waals surface area contributed by atoms with Gasteiger partial charge in [0.25, 0.3) is 0 Å². The second-order valence-corrected chi connectivity index (χ2v) is 22.2. The van der Waals surface area contributed by atoms with Gasteiger partial charge in [-0.05, 0) is 92.5 Å². The smallest absolute Gasteiger partial charge is 0.180 e. The predicted molar refractivity (Wildman–Crippen MR) is 299 cm³/mol. The molecule has 0 aliphatic carbocycles. The van der Waals surface area contributed by atoms with Gasteiger partial charge in [0.15, 0.2) is 8.07 Å². The van der Waals surface area contributed by atoms with Crippen LogP contribution < -0.4 is 20.7 Å². The van der Waals surface area contributed by atoms with Crippen molar-refractivity contribution in [2.45, 2.75) is 0 Å². The minimum Gasteiger partial charge on any atom is -0.309 e. The van der Waals surface area contributed by atoms with Crippen LogP contribution >= 0.6 is 0 Å². The van der Waals surface area contributed by atoms with E-state index in [1.54, 1.807) is 0 Å². The molecule has 0 aliphatic rings. The highest BCUT2D eigenvalue weighted by Crippen LogP contribution is 2.40. The van der Waals surface area contributed by atoms with Crippen LogP contribution in [0, 0.1) is 0 Å². The van der Waals surface area contributed by atoms with Crippen molar-refractivity contribution >= 4 is 94.2 Å². The zero-order valence-corrected chi connectivity index (χ0v) is 39.3. The summed E-state index contributed by atoms with van der Waals surface area (Å²) in [6, 6.07) is 102. The number of aromatic nitrogens is 3. The van der Waals surface area contributed by atoms with Crippen molar-refractivity contribution in [1.82, 2.24) is 13.7 Å². The van der Waals surface area contributed by atoms with E-state index in [-0.39, 0.29) is 0 Å². The number of benzene rings is 11. The molecule has 328 valence electrons. The maximum Gasteiger partial charge on any atom is 0.180 e. The first-order valence-electron chi connectivity index (χ1n) is 24.2. The molecule has 3 heterocycles. The van der Waals surface area contributed by atoms with Crippen molar-refractivity contribution in [3.8, 4) is 28.2 Å². The van der Waals surface area contributed by atoms with Crippen molar-refractivity contribution in [3.63, 3.8) is 0 Å². The average Bonchev–Trinajstić information content (AvgIpc) is 4.08. The summed E-state index contributed by atoms with van der Waals surface area (Å²) in [4.78, 5) is 0. The van der Waals surface area contributed by atoms with Crippen LogP contribution in [-0.2, 0) is 0 Å². The van der Waals surface area contributed by atoms with E-state index in [9.17, 15) is 0 Å².